The SMILES string of the molecule is C[C@H]1CCCN1C(=O)c1nc(C(=O)NCC(C)(C)O)sc1-c1ccc(C(C)(C(F)(F)F)C(F)(F)F)cc1C(F)F. The van der Waals surface area contributed by atoms with Crippen molar-refractivity contribution in [1.82, 2.24) is 15.2 Å². The van der Waals surface area contributed by atoms with Gasteiger partial charge in [-0.15, -0.1) is 11.3 Å². The highest BCUT2D eigenvalue weighted by atomic mass is 32.1. The number of rotatable bonds is 7. The summed E-state index contributed by atoms with van der Waals surface area (Å²) in [7, 11) is 0. The van der Waals surface area contributed by atoms with E-state index in [1.807, 2.05) is 0 Å². The van der Waals surface area contributed by atoms with Crippen LogP contribution < -0.4 is 5.32 Å². The highest BCUT2D eigenvalue weighted by Gasteiger charge is 2.68. The van der Waals surface area contributed by atoms with E-state index < -0.39 is 64.0 Å². The molecular formula is C25H27F8N3O3S. The normalized spacial score (nSPS) is 17.1. The van der Waals surface area contributed by atoms with Gasteiger partial charge in [-0.25, -0.2) is 13.8 Å². The number of likely N-dealkylation sites (tertiary alicyclic amines) is 1. The quantitative estimate of drug-likeness (QED) is 0.368. The van der Waals surface area contributed by atoms with E-state index in [0.29, 0.717) is 42.9 Å². The number of carbonyl (C=O) groups excluding carboxylic acids is 2. The third kappa shape index (κ3) is 6.09. The minimum atomic E-state index is -5.87. The Kier molecular flexibility index (Phi) is 8.62. The topological polar surface area (TPSA) is 82.5 Å². The molecule has 0 radical (unpaired) electrons. The zero-order chi connectivity index (χ0) is 30.4. The van der Waals surface area contributed by atoms with Gasteiger partial charge in [-0.3, -0.25) is 9.59 Å². The van der Waals surface area contributed by atoms with Crippen LogP contribution in [0.5, 0.6) is 0 Å². The molecule has 2 heterocycles. The first-order chi connectivity index (χ1) is 18.2. The molecule has 1 aliphatic rings. The maximum atomic E-state index is 14.2. The van der Waals surface area contributed by atoms with Gasteiger partial charge in [0.15, 0.2) is 10.4 Å². The fraction of sp³-hybridized carbons (Fsp3) is 0.560. The number of carbonyl (C=O) groups is 2. The van der Waals surface area contributed by atoms with Gasteiger partial charge in [0.25, 0.3) is 18.2 Å². The number of hydrogen-bond donors (Lipinski definition) is 2. The van der Waals surface area contributed by atoms with E-state index in [9.17, 15) is 49.8 Å². The predicted octanol–water partition coefficient (Wildman–Crippen LogP) is 6.26. The molecule has 1 fully saturated rings. The van der Waals surface area contributed by atoms with Crippen LogP contribution in [0.15, 0.2) is 18.2 Å². The lowest BCUT2D eigenvalue weighted by Crippen LogP contribution is -2.51. The smallest absolute Gasteiger partial charge is 0.389 e. The van der Waals surface area contributed by atoms with Crippen molar-refractivity contribution < 1.29 is 49.8 Å². The maximum Gasteiger partial charge on any atom is 0.406 e. The Labute approximate surface area is 228 Å². The summed E-state index contributed by atoms with van der Waals surface area (Å²) in [6, 6.07) is 0.957. The molecule has 40 heavy (non-hydrogen) atoms. The van der Waals surface area contributed by atoms with Crippen molar-refractivity contribution in [3.05, 3.63) is 40.0 Å². The van der Waals surface area contributed by atoms with Gasteiger partial charge in [-0.2, -0.15) is 26.3 Å². The van der Waals surface area contributed by atoms with Crippen LogP contribution in [0.1, 0.15) is 78.4 Å². The van der Waals surface area contributed by atoms with Gasteiger partial charge in [0.2, 0.25) is 0 Å². The minimum absolute atomic E-state index is 0.126. The van der Waals surface area contributed by atoms with E-state index in [1.54, 1.807) is 6.92 Å². The lowest BCUT2D eigenvalue weighted by molar-refractivity contribution is -0.297. The molecule has 0 unspecified atom stereocenters. The van der Waals surface area contributed by atoms with Crippen LogP contribution in [0.2, 0.25) is 0 Å². The van der Waals surface area contributed by atoms with Crippen LogP contribution in [0.25, 0.3) is 10.4 Å². The molecule has 0 saturated carbocycles. The van der Waals surface area contributed by atoms with E-state index in [-0.39, 0.29) is 35.5 Å². The summed E-state index contributed by atoms with van der Waals surface area (Å²) in [6.45, 7) is 4.46. The molecule has 1 aliphatic heterocycles. The Morgan fingerprint density at radius 1 is 1.12 bits per heavy atom. The first kappa shape index (κ1) is 31.7. The molecule has 222 valence electrons. The van der Waals surface area contributed by atoms with E-state index in [0.717, 1.165) is 0 Å². The molecule has 1 aromatic carbocycles. The summed E-state index contributed by atoms with van der Waals surface area (Å²) < 4.78 is 110. The van der Waals surface area contributed by atoms with Crippen molar-refractivity contribution in [3.63, 3.8) is 0 Å². The number of nitrogens with zero attached hydrogens (tertiary/aromatic N) is 2. The van der Waals surface area contributed by atoms with E-state index >= 15 is 0 Å². The number of halogens is 8. The number of alkyl halides is 8. The molecule has 0 bridgehead atoms. The summed E-state index contributed by atoms with van der Waals surface area (Å²) in [5.74, 6) is -1.59. The second kappa shape index (κ2) is 10.9. The summed E-state index contributed by atoms with van der Waals surface area (Å²) in [6.07, 6.45) is -14.0. The largest absolute Gasteiger partial charge is 0.406 e. The highest BCUT2D eigenvalue weighted by Crippen LogP contribution is 2.53. The fourth-order valence-electron chi connectivity index (χ4n) is 4.24. The number of thiazole rings is 1. The number of aromatic nitrogens is 1. The second-order valence-electron chi connectivity index (χ2n) is 10.4. The van der Waals surface area contributed by atoms with Crippen molar-refractivity contribution in [2.75, 3.05) is 13.1 Å². The molecule has 0 spiro atoms. The third-order valence-corrected chi connectivity index (χ3v) is 7.85. The Morgan fingerprint density at radius 2 is 1.73 bits per heavy atom. The van der Waals surface area contributed by atoms with Gasteiger partial charge in [-0.05, 0) is 52.2 Å². The maximum absolute atomic E-state index is 14.2. The standard InChI is InChI=1S/C25H27F8N3O3S/c1-12-6-5-9-36(12)21(38)16-17(40-20(35-16)19(37)34-11-22(2,3)39)14-8-7-13(10-15(14)18(26)27)23(4,24(28,29)30)25(31,32)33/h7-8,10,12,18,39H,5-6,9,11H2,1-4H3,(H,34,37)/t12-/m0/s1. The summed E-state index contributed by atoms with van der Waals surface area (Å²) in [5.41, 5.74) is -9.40. The fourth-order valence-corrected chi connectivity index (χ4v) is 5.26. The average molecular weight is 602 g/mol. The molecule has 1 aromatic heterocycles. The number of hydrogen-bond acceptors (Lipinski definition) is 5. The lowest BCUT2D eigenvalue weighted by Gasteiger charge is -2.34. The number of amides is 2. The van der Waals surface area contributed by atoms with E-state index in [2.05, 4.69) is 10.3 Å². The van der Waals surface area contributed by atoms with E-state index in [1.165, 1.54) is 18.7 Å². The molecule has 2 aromatic rings. The predicted molar refractivity (Wildman–Crippen MR) is 130 cm³/mol. The Hall–Kier alpha value is -2.81. The van der Waals surface area contributed by atoms with Crippen LogP contribution in [0.4, 0.5) is 35.1 Å². The van der Waals surface area contributed by atoms with Crippen molar-refractivity contribution in [1.29, 1.82) is 0 Å². The number of benzene rings is 1. The van der Waals surface area contributed by atoms with Crippen molar-refractivity contribution in [2.45, 2.75) is 76.4 Å². The monoisotopic (exact) mass is 601 g/mol. The van der Waals surface area contributed by atoms with Gasteiger partial charge in [0.05, 0.1) is 10.5 Å². The third-order valence-electron chi connectivity index (χ3n) is 6.76. The molecule has 2 amide bonds. The number of aliphatic hydroxyl groups is 1. The van der Waals surface area contributed by atoms with Crippen LogP contribution in [0, 0.1) is 0 Å². The molecular weight excluding hydrogens is 574 g/mol. The van der Waals surface area contributed by atoms with Gasteiger partial charge in [0, 0.05) is 30.3 Å². The lowest BCUT2D eigenvalue weighted by atomic mass is 9.79. The molecule has 6 nitrogen and oxygen atoms in total. The molecule has 0 aliphatic carbocycles. The van der Waals surface area contributed by atoms with Crippen molar-refractivity contribution in [2.24, 2.45) is 0 Å². The molecule has 15 heteroatoms. The minimum Gasteiger partial charge on any atom is -0.389 e. The number of nitrogens with one attached hydrogen (secondary N) is 1. The van der Waals surface area contributed by atoms with Crippen LogP contribution in [-0.4, -0.2) is 63.9 Å². The first-order valence-electron chi connectivity index (χ1n) is 12.1. The molecule has 2 N–H and O–H groups in total. The van der Waals surface area contributed by atoms with Crippen LogP contribution in [-0.2, 0) is 5.41 Å². The van der Waals surface area contributed by atoms with Crippen molar-refractivity contribution in [3.8, 4) is 10.4 Å². The summed E-state index contributed by atoms with van der Waals surface area (Å²) >= 11 is 0.486. The van der Waals surface area contributed by atoms with Crippen molar-refractivity contribution >= 4 is 23.2 Å². The van der Waals surface area contributed by atoms with Gasteiger partial charge in [0.1, 0.15) is 5.69 Å². The second-order valence-corrected chi connectivity index (χ2v) is 11.4. The molecule has 1 saturated heterocycles. The van der Waals surface area contributed by atoms with Gasteiger partial charge < -0.3 is 15.3 Å². The Bertz CT molecular complexity index is 1250. The zero-order valence-electron chi connectivity index (χ0n) is 21.8. The van der Waals surface area contributed by atoms with Crippen LogP contribution >= 0.6 is 11.3 Å². The molecule has 3 rings (SSSR count). The highest BCUT2D eigenvalue weighted by molar-refractivity contribution is 7.17. The first-order valence-corrected chi connectivity index (χ1v) is 12.9. The average Bonchev–Trinajstić information content (AvgIpc) is 3.46. The van der Waals surface area contributed by atoms with E-state index in [4.69, 9.17) is 0 Å². The summed E-state index contributed by atoms with van der Waals surface area (Å²) in [4.78, 5) is 31.3. The van der Waals surface area contributed by atoms with Gasteiger partial charge >= 0.3 is 12.4 Å². The van der Waals surface area contributed by atoms with Crippen LogP contribution in [0.3, 0.4) is 0 Å². The van der Waals surface area contributed by atoms with Gasteiger partial charge in [-0.1, -0.05) is 12.1 Å². The Balaban J connectivity index is 2.22. The zero-order valence-corrected chi connectivity index (χ0v) is 22.6. The summed E-state index contributed by atoms with van der Waals surface area (Å²) in [5, 5.41) is 11.9. The Morgan fingerprint density at radius 3 is 2.20 bits per heavy atom. The molecule has 1 atom stereocenters.